The van der Waals surface area contributed by atoms with E-state index in [1.807, 2.05) is 0 Å². The zero-order chi connectivity index (χ0) is 11.6. The SMILES string of the molecule is O=c1cc[nH]cc1S(=O)(=O)Nc1ccon1. The van der Waals surface area contributed by atoms with Gasteiger partial charge >= 0.3 is 0 Å². The molecule has 0 bridgehead atoms. The normalized spacial score (nSPS) is 11.2. The molecule has 16 heavy (non-hydrogen) atoms. The fourth-order valence-corrected chi connectivity index (χ4v) is 2.12. The Labute approximate surface area is 90.1 Å². The van der Waals surface area contributed by atoms with Crippen molar-refractivity contribution in [2.45, 2.75) is 4.90 Å². The Morgan fingerprint density at radius 2 is 2.19 bits per heavy atom. The smallest absolute Gasteiger partial charge is 0.268 e. The highest BCUT2D eigenvalue weighted by Crippen LogP contribution is 2.09. The number of hydrogen-bond donors (Lipinski definition) is 2. The number of nitrogens with one attached hydrogen (secondary N) is 2. The van der Waals surface area contributed by atoms with Crippen molar-refractivity contribution in [1.29, 1.82) is 0 Å². The molecule has 2 N–H and O–H groups in total. The van der Waals surface area contributed by atoms with Gasteiger partial charge < -0.3 is 9.51 Å². The van der Waals surface area contributed by atoms with E-state index >= 15 is 0 Å². The summed E-state index contributed by atoms with van der Waals surface area (Å²) in [5.74, 6) is 0.0169. The van der Waals surface area contributed by atoms with E-state index in [1.54, 1.807) is 0 Å². The largest absolute Gasteiger partial charge is 0.366 e. The zero-order valence-corrected chi connectivity index (χ0v) is 8.69. The predicted molar refractivity (Wildman–Crippen MR) is 54.4 cm³/mol. The molecule has 84 valence electrons. The summed E-state index contributed by atoms with van der Waals surface area (Å²) in [5.41, 5.74) is -0.602. The molecule has 0 atom stereocenters. The van der Waals surface area contributed by atoms with Crippen LogP contribution in [0.1, 0.15) is 0 Å². The third-order valence-electron chi connectivity index (χ3n) is 1.75. The van der Waals surface area contributed by atoms with Crippen molar-refractivity contribution in [3.63, 3.8) is 0 Å². The second kappa shape index (κ2) is 3.81. The minimum Gasteiger partial charge on any atom is -0.366 e. The summed E-state index contributed by atoms with van der Waals surface area (Å²) in [7, 11) is -3.93. The Hall–Kier alpha value is -2.09. The second-order valence-electron chi connectivity index (χ2n) is 2.86. The van der Waals surface area contributed by atoms with Gasteiger partial charge in [-0.1, -0.05) is 5.16 Å². The summed E-state index contributed by atoms with van der Waals surface area (Å²) in [6.07, 6.45) is 3.66. The van der Waals surface area contributed by atoms with Gasteiger partial charge in [0.2, 0.25) is 5.43 Å². The van der Waals surface area contributed by atoms with Crippen LogP contribution in [0.5, 0.6) is 0 Å². The van der Waals surface area contributed by atoms with Crippen molar-refractivity contribution < 1.29 is 12.9 Å². The second-order valence-corrected chi connectivity index (χ2v) is 4.51. The van der Waals surface area contributed by atoms with Crippen LogP contribution < -0.4 is 10.2 Å². The van der Waals surface area contributed by atoms with Gasteiger partial charge in [-0.2, -0.15) is 0 Å². The number of pyridine rings is 1. The lowest BCUT2D eigenvalue weighted by atomic mass is 10.5. The maximum atomic E-state index is 11.7. The molecule has 0 radical (unpaired) electrons. The molecule has 2 aromatic heterocycles. The summed E-state index contributed by atoms with van der Waals surface area (Å²) in [5, 5.41) is 3.38. The van der Waals surface area contributed by atoms with E-state index in [4.69, 9.17) is 0 Å². The lowest BCUT2D eigenvalue weighted by Gasteiger charge is -2.02. The average Bonchev–Trinajstić information content (AvgIpc) is 2.70. The Morgan fingerprint density at radius 3 is 2.81 bits per heavy atom. The summed E-state index contributed by atoms with van der Waals surface area (Å²) < 4.78 is 30.0. The standard InChI is InChI=1S/C8H7N3O4S/c12-6-1-3-9-5-7(6)16(13,14)11-8-2-4-15-10-8/h1-5H,(H,9,12)(H,10,11). The van der Waals surface area contributed by atoms with Gasteiger partial charge in [-0.15, -0.1) is 0 Å². The molecule has 0 aliphatic carbocycles. The molecular weight excluding hydrogens is 234 g/mol. The summed E-state index contributed by atoms with van der Waals surface area (Å²) in [6.45, 7) is 0. The van der Waals surface area contributed by atoms with Crippen molar-refractivity contribution in [1.82, 2.24) is 10.1 Å². The number of nitrogens with zero attached hydrogens (tertiary/aromatic N) is 1. The Bertz CT molecular complexity index is 629. The highest BCUT2D eigenvalue weighted by atomic mass is 32.2. The Balaban J connectivity index is 2.41. The van der Waals surface area contributed by atoms with Gasteiger partial charge in [-0.25, -0.2) is 8.42 Å². The lowest BCUT2D eigenvalue weighted by molar-refractivity contribution is 0.423. The number of hydrogen-bond acceptors (Lipinski definition) is 5. The van der Waals surface area contributed by atoms with Crippen molar-refractivity contribution >= 4 is 15.8 Å². The van der Waals surface area contributed by atoms with E-state index < -0.39 is 15.5 Å². The number of aromatic amines is 1. The first-order valence-electron chi connectivity index (χ1n) is 4.20. The maximum absolute atomic E-state index is 11.7. The number of rotatable bonds is 3. The zero-order valence-electron chi connectivity index (χ0n) is 7.88. The number of sulfonamides is 1. The number of H-pyrrole nitrogens is 1. The highest BCUT2D eigenvalue weighted by molar-refractivity contribution is 7.92. The summed E-state index contributed by atoms with van der Waals surface area (Å²) in [4.78, 5) is 13.5. The van der Waals surface area contributed by atoms with Crippen LogP contribution in [0.3, 0.4) is 0 Å². The molecule has 2 aromatic rings. The van der Waals surface area contributed by atoms with Crippen LogP contribution in [0.2, 0.25) is 0 Å². The van der Waals surface area contributed by atoms with E-state index in [1.165, 1.54) is 18.5 Å². The molecule has 0 aliphatic rings. The molecule has 7 nitrogen and oxygen atoms in total. The van der Waals surface area contributed by atoms with Crippen molar-refractivity contribution in [2.24, 2.45) is 0 Å². The first-order valence-corrected chi connectivity index (χ1v) is 5.68. The van der Waals surface area contributed by atoms with E-state index in [-0.39, 0.29) is 10.7 Å². The van der Waals surface area contributed by atoms with E-state index in [9.17, 15) is 13.2 Å². The lowest BCUT2D eigenvalue weighted by Crippen LogP contribution is -2.21. The molecule has 0 unspecified atom stereocenters. The Morgan fingerprint density at radius 1 is 1.38 bits per heavy atom. The van der Waals surface area contributed by atoms with E-state index in [0.717, 1.165) is 12.3 Å². The third kappa shape index (κ3) is 1.96. The van der Waals surface area contributed by atoms with Gasteiger partial charge in [0.1, 0.15) is 6.26 Å². The molecule has 0 amide bonds. The first kappa shape index (κ1) is 10.4. The highest BCUT2D eigenvalue weighted by Gasteiger charge is 2.18. The van der Waals surface area contributed by atoms with Gasteiger partial charge in [-0.3, -0.25) is 9.52 Å². The van der Waals surface area contributed by atoms with Crippen LogP contribution in [-0.2, 0) is 10.0 Å². The van der Waals surface area contributed by atoms with E-state index in [0.29, 0.717) is 0 Å². The molecule has 0 saturated carbocycles. The molecule has 0 spiro atoms. The van der Waals surface area contributed by atoms with Crippen molar-refractivity contribution in [3.8, 4) is 0 Å². The van der Waals surface area contributed by atoms with Gasteiger partial charge in [0.25, 0.3) is 10.0 Å². The van der Waals surface area contributed by atoms with Crippen LogP contribution >= 0.6 is 0 Å². The quantitative estimate of drug-likeness (QED) is 0.796. The molecule has 2 heterocycles. The van der Waals surface area contributed by atoms with Crippen molar-refractivity contribution in [2.75, 3.05) is 4.72 Å². The number of anilines is 1. The molecular formula is C8H7N3O4S. The molecule has 0 saturated heterocycles. The maximum Gasteiger partial charge on any atom is 0.268 e. The molecule has 0 fully saturated rings. The van der Waals surface area contributed by atoms with Gasteiger partial charge in [-0.05, 0) is 0 Å². The fourth-order valence-electron chi connectivity index (χ4n) is 1.07. The van der Waals surface area contributed by atoms with Gasteiger partial charge in [0.15, 0.2) is 10.7 Å². The van der Waals surface area contributed by atoms with Gasteiger partial charge in [0.05, 0.1) is 0 Å². The van der Waals surface area contributed by atoms with Gasteiger partial charge in [0, 0.05) is 24.5 Å². The predicted octanol–water partition coefficient (Wildman–Crippen LogP) is 0.164. The molecule has 2 rings (SSSR count). The average molecular weight is 241 g/mol. The topological polar surface area (TPSA) is 105 Å². The van der Waals surface area contributed by atoms with Crippen LogP contribution in [-0.4, -0.2) is 18.6 Å². The molecule has 0 aromatic carbocycles. The summed E-state index contributed by atoms with van der Waals surface area (Å²) in [6, 6.07) is 2.45. The number of aromatic nitrogens is 2. The van der Waals surface area contributed by atoms with Crippen LogP contribution in [0, 0.1) is 0 Å². The monoisotopic (exact) mass is 241 g/mol. The van der Waals surface area contributed by atoms with Crippen molar-refractivity contribution in [3.05, 3.63) is 41.0 Å². The molecule has 0 aliphatic heterocycles. The minimum absolute atomic E-state index is 0.0169. The first-order chi connectivity index (χ1) is 7.59. The molecule has 8 heteroatoms. The fraction of sp³-hybridized carbons (Fsp3) is 0. The Kier molecular flexibility index (Phi) is 2.49. The summed E-state index contributed by atoms with van der Waals surface area (Å²) >= 11 is 0. The van der Waals surface area contributed by atoms with Crippen LogP contribution in [0.4, 0.5) is 5.82 Å². The van der Waals surface area contributed by atoms with Crippen LogP contribution in [0.15, 0.2) is 45.0 Å². The van der Waals surface area contributed by atoms with E-state index in [2.05, 4.69) is 19.4 Å². The van der Waals surface area contributed by atoms with Crippen LogP contribution in [0.25, 0.3) is 0 Å². The minimum atomic E-state index is -3.93. The third-order valence-corrected chi connectivity index (χ3v) is 3.13.